The van der Waals surface area contributed by atoms with Gasteiger partial charge in [0, 0.05) is 19.6 Å². The van der Waals surface area contributed by atoms with Crippen molar-refractivity contribution in [1.29, 1.82) is 0 Å². The van der Waals surface area contributed by atoms with E-state index in [1.807, 2.05) is 7.05 Å². The molecule has 128 valence electrons. The van der Waals surface area contributed by atoms with Crippen LogP contribution in [0.15, 0.2) is 6.20 Å². The van der Waals surface area contributed by atoms with E-state index in [9.17, 15) is 5.11 Å². The summed E-state index contributed by atoms with van der Waals surface area (Å²) >= 11 is 0. The van der Waals surface area contributed by atoms with Crippen molar-refractivity contribution in [3.05, 3.63) is 17.6 Å². The number of hydrogen-bond donors (Lipinski definition) is 1. The molecule has 1 unspecified atom stereocenters. The van der Waals surface area contributed by atoms with Gasteiger partial charge < -0.3 is 14.6 Å². The van der Waals surface area contributed by atoms with Crippen LogP contribution < -0.4 is 0 Å². The van der Waals surface area contributed by atoms with Gasteiger partial charge in [0.15, 0.2) is 6.29 Å². The van der Waals surface area contributed by atoms with E-state index in [1.165, 1.54) is 6.20 Å². The van der Waals surface area contributed by atoms with Gasteiger partial charge in [-0.3, -0.25) is 0 Å². The highest BCUT2D eigenvalue weighted by atomic mass is 16.7. The molecule has 0 bridgehead atoms. The lowest BCUT2D eigenvalue weighted by atomic mass is 10.2. The zero-order valence-corrected chi connectivity index (χ0v) is 13.7. The van der Waals surface area contributed by atoms with Gasteiger partial charge in [-0.2, -0.15) is 0 Å². The minimum atomic E-state index is -0.172. The molecule has 2 aromatic rings. The first-order valence-electron chi connectivity index (χ1n) is 8.40. The number of aryl methyl sites for hydroxylation is 1. The molecule has 0 amide bonds. The van der Waals surface area contributed by atoms with Crippen LogP contribution >= 0.6 is 0 Å². The number of ether oxygens (including phenoxy) is 2. The van der Waals surface area contributed by atoms with Gasteiger partial charge in [-0.1, -0.05) is 5.21 Å². The fourth-order valence-corrected chi connectivity index (χ4v) is 2.89. The maximum atomic E-state index is 9.88. The molecule has 24 heavy (non-hydrogen) atoms. The molecule has 8 nitrogen and oxygen atoms in total. The zero-order chi connectivity index (χ0) is 16.5. The third-order valence-corrected chi connectivity index (χ3v) is 4.47. The molecule has 3 heterocycles. The third kappa shape index (κ3) is 3.11. The topological polar surface area (TPSA) is 95.2 Å². The zero-order valence-electron chi connectivity index (χ0n) is 13.7. The molecule has 1 saturated heterocycles. The van der Waals surface area contributed by atoms with E-state index in [0.29, 0.717) is 29.6 Å². The second kappa shape index (κ2) is 6.45. The van der Waals surface area contributed by atoms with Crippen molar-refractivity contribution in [2.45, 2.75) is 50.9 Å². The fourth-order valence-electron chi connectivity index (χ4n) is 2.89. The Labute approximate surface area is 139 Å². The maximum absolute atomic E-state index is 9.88. The van der Waals surface area contributed by atoms with E-state index in [4.69, 9.17) is 9.47 Å². The highest BCUT2D eigenvalue weighted by Gasteiger charge is 2.30. The summed E-state index contributed by atoms with van der Waals surface area (Å²) < 4.78 is 13.2. The Hall–Kier alpha value is -2.06. The van der Waals surface area contributed by atoms with Crippen molar-refractivity contribution in [3.63, 3.8) is 0 Å². The summed E-state index contributed by atoms with van der Waals surface area (Å²) in [6.07, 6.45) is 6.56. The molecular formula is C16H21N5O3. The van der Waals surface area contributed by atoms with Gasteiger partial charge in [0.1, 0.15) is 17.1 Å². The molecule has 0 radical (unpaired) electrons. The van der Waals surface area contributed by atoms with Gasteiger partial charge in [-0.15, -0.1) is 5.10 Å². The number of hydrogen-bond acceptors (Lipinski definition) is 7. The van der Waals surface area contributed by atoms with E-state index in [0.717, 1.165) is 44.4 Å². The maximum Gasteiger partial charge on any atom is 0.233 e. The molecule has 1 N–H and O–H groups in total. The van der Waals surface area contributed by atoms with Crippen molar-refractivity contribution in [2.75, 3.05) is 6.61 Å². The summed E-state index contributed by atoms with van der Waals surface area (Å²) in [7, 11) is 1.83. The number of rotatable bonds is 5. The second-order valence-electron chi connectivity index (χ2n) is 6.35. The van der Waals surface area contributed by atoms with Crippen LogP contribution in [0.25, 0.3) is 11.4 Å². The standard InChI is InChI=1S/C16H21N5O3/c1-21-12(9-24-13-4-2-3-7-23-13)15(19-20-21)11-8-17-16(22)14(18-11)10-5-6-10/h8,10,13H,2-7,9H2,1H3,(H,17,22). The molecule has 1 saturated carbocycles. The number of aromatic hydroxyl groups is 1. The first-order chi connectivity index (χ1) is 11.7. The van der Waals surface area contributed by atoms with Gasteiger partial charge in [0.25, 0.3) is 0 Å². The van der Waals surface area contributed by atoms with Crippen LogP contribution in [0.5, 0.6) is 5.88 Å². The van der Waals surface area contributed by atoms with Gasteiger partial charge >= 0.3 is 0 Å². The predicted molar refractivity (Wildman–Crippen MR) is 84.0 cm³/mol. The molecule has 2 fully saturated rings. The van der Waals surface area contributed by atoms with Crippen LogP contribution in [0.3, 0.4) is 0 Å². The highest BCUT2D eigenvalue weighted by Crippen LogP contribution is 2.42. The molecule has 2 aliphatic rings. The van der Waals surface area contributed by atoms with Crippen molar-refractivity contribution < 1.29 is 14.6 Å². The van der Waals surface area contributed by atoms with Crippen molar-refractivity contribution >= 4 is 0 Å². The van der Waals surface area contributed by atoms with E-state index in [1.54, 1.807) is 4.68 Å². The number of nitrogens with zero attached hydrogens (tertiary/aromatic N) is 5. The summed E-state index contributed by atoms with van der Waals surface area (Å²) in [6, 6.07) is 0. The second-order valence-corrected chi connectivity index (χ2v) is 6.35. The Balaban J connectivity index is 1.56. The van der Waals surface area contributed by atoms with Crippen molar-refractivity contribution in [3.8, 4) is 17.3 Å². The van der Waals surface area contributed by atoms with E-state index < -0.39 is 0 Å². The van der Waals surface area contributed by atoms with Crippen molar-refractivity contribution in [1.82, 2.24) is 25.0 Å². The van der Waals surface area contributed by atoms with Gasteiger partial charge in [0.2, 0.25) is 5.88 Å². The third-order valence-electron chi connectivity index (χ3n) is 4.47. The molecule has 1 atom stereocenters. The number of aromatic nitrogens is 5. The SMILES string of the molecule is Cn1nnc(-c2cnc(O)c(C3CC3)n2)c1COC1CCCCO1. The summed E-state index contributed by atoms with van der Waals surface area (Å²) in [4.78, 5) is 8.63. The lowest BCUT2D eigenvalue weighted by molar-refractivity contribution is -0.169. The van der Waals surface area contributed by atoms with E-state index >= 15 is 0 Å². The quantitative estimate of drug-likeness (QED) is 0.894. The Morgan fingerprint density at radius 3 is 2.96 bits per heavy atom. The smallest absolute Gasteiger partial charge is 0.233 e. The van der Waals surface area contributed by atoms with Gasteiger partial charge in [-0.25, -0.2) is 14.6 Å². The average molecular weight is 331 g/mol. The van der Waals surface area contributed by atoms with E-state index in [-0.39, 0.29) is 12.2 Å². The first kappa shape index (κ1) is 15.5. The molecule has 1 aliphatic heterocycles. The van der Waals surface area contributed by atoms with Crippen molar-refractivity contribution in [2.24, 2.45) is 7.05 Å². The molecule has 2 aromatic heterocycles. The highest BCUT2D eigenvalue weighted by molar-refractivity contribution is 5.56. The normalized spacial score (nSPS) is 21.1. The fraction of sp³-hybridized carbons (Fsp3) is 0.625. The van der Waals surface area contributed by atoms with Crippen LogP contribution in [0.2, 0.25) is 0 Å². The molecule has 0 aromatic carbocycles. The van der Waals surface area contributed by atoms with Crippen LogP contribution in [0, 0.1) is 0 Å². The molecule has 1 aliphatic carbocycles. The minimum Gasteiger partial charge on any atom is -0.492 e. The molecule has 0 spiro atoms. The summed E-state index contributed by atoms with van der Waals surface area (Å²) in [5.41, 5.74) is 2.74. The monoisotopic (exact) mass is 331 g/mol. The Kier molecular flexibility index (Phi) is 4.15. The minimum absolute atomic E-state index is 0.0125. The summed E-state index contributed by atoms with van der Waals surface area (Å²) in [5.74, 6) is 0.322. The summed E-state index contributed by atoms with van der Waals surface area (Å²) in [5, 5.41) is 18.2. The van der Waals surface area contributed by atoms with Gasteiger partial charge in [0.05, 0.1) is 18.5 Å². The Bertz CT molecular complexity index is 722. The molecule has 8 heteroatoms. The summed E-state index contributed by atoms with van der Waals surface area (Å²) in [6.45, 7) is 1.10. The van der Waals surface area contributed by atoms with Crippen LogP contribution in [0.1, 0.15) is 49.4 Å². The lowest BCUT2D eigenvalue weighted by Crippen LogP contribution is -2.22. The van der Waals surface area contributed by atoms with Gasteiger partial charge in [-0.05, 0) is 32.1 Å². The average Bonchev–Trinajstić information content (AvgIpc) is 3.38. The van der Waals surface area contributed by atoms with Crippen LogP contribution in [-0.2, 0) is 23.1 Å². The van der Waals surface area contributed by atoms with Crippen LogP contribution in [0.4, 0.5) is 0 Å². The van der Waals surface area contributed by atoms with E-state index in [2.05, 4.69) is 20.3 Å². The lowest BCUT2D eigenvalue weighted by Gasteiger charge is -2.22. The largest absolute Gasteiger partial charge is 0.492 e. The first-order valence-corrected chi connectivity index (χ1v) is 8.40. The van der Waals surface area contributed by atoms with Crippen LogP contribution in [-0.4, -0.2) is 43.0 Å². The molecule has 4 rings (SSSR count). The Morgan fingerprint density at radius 1 is 1.33 bits per heavy atom. The molecular weight excluding hydrogens is 310 g/mol. The predicted octanol–water partition coefficient (Wildman–Crippen LogP) is 1.90. The Morgan fingerprint density at radius 2 is 2.21 bits per heavy atom.